The van der Waals surface area contributed by atoms with E-state index in [9.17, 15) is 0 Å². The van der Waals surface area contributed by atoms with Gasteiger partial charge >= 0.3 is 0 Å². The Labute approximate surface area is 84.6 Å². The molecule has 2 heteroatoms. The van der Waals surface area contributed by atoms with Gasteiger partial charge in [-0.1, -0.05) is 43.7 Å². The Kier molecular flexibility index (Phi) is 5.18. The zero-order chi connectivity index (χ0) is 10.1. The minimum Gasteiger partial charge on any atom is -0.452 e. The first-order chi connectivity index (χ1) is 6.93. The van der Waals surface area contributed by atoms with Gasteiger partial charge in [0, 0.05) is 0 Å². The van der Waals surface area contributed by atoms with Crippen LogP contribution in [0.1, 0.15) is 18.9 Å². The molecule has 1 heterocycles. The molecule has 14 heavy (non-hydrogen) atoms. The van der Waals surface area contributed by atoms with Gasteiger partial charge in [-0.25, -0.2) is 4.98 Å². The van der Waals surface area contributed by atoms with Gasteiger partial charge in [-0.3, -0.25) is 0 Å². The molecule has 0 fully saturated rings. The molecule has 1 aromatic heterocycles. The molecule has 2 aromatic rings. The number of hydrogen-bond donors (Lipinski definition) is 0. The van der Waals surface area contributed by atoms with Gasteiger partial charge < -0.3 is 4.42 Å². The van der Waals surface area contributed by atoms with Crippen molar-refractivity contribution in [2.24, 2.45) is 0 Å². The first kappa shape index (κ1) is 10.5. The van der Waals surface area contributed by atoms with Crippen LogP contribution in [0.5, 0.6) is 0 Å². The largest absolute Gasteiger partial charge is 0.452 e. The molecule has 0 spiro atoms. The van der Waals surface area contributed by atoms with E-state index in [1.165, 1.54) is 31.1 Å². The lowest BCUT2D eigenvalue weighted by Crippen LogP contribution is -1.78. The predicted octanol–water partition coefficient (Wildman–Crippen LogP) is 3.31. The Bertz CT molecular complexity index is 285. The van der Waals surface area contributed by atoms with Gasteiger partial charge in [0.2, 0.25) is 0 Å². The van der Waals surface area contributed by atoms with E-state index in [2.05, 4.69) is 46.7 Å². The first-order valence-corrected chi connectivity index (χ1v) is 4.79. The summed E-state index contributed by atoms with van der Waals surface area (Å²) in [6, 6.07) is 10.6. The Hall–Kier alpha value is -1.57. The number of rotatable bonds is 2. The van der Waals surface area contributed by atoms with Crippen LogP contribution in [0.15, 0.2) is 53.6 Å². The number of aryl methyl sites for hydroxylation is 1. The topological polar surface area (TPSA) is 26.0 Å². The third-order valence-corrected chi connectivity index (χ3v) is 1.73. The lowest BCUT2D eigenvalue weighted by atomic mass is 10.1. The van der Waals surface area contributed by atoms with Crippen molar-refractivity contribution >= 4 is 0 Å². The highest BCUT2D eigenvalue weighted by Gasteiger charge is 1.84. The van der Waals surface area contributed by atoms with Gasteiger partial charge in [-0.2, -0.15) is 0 Å². The highest BCUT2D eigenvalue weighted by molar-refractivity contribution is 5.14. The van der Waals surface area contributed by atoms with Crippen molar-refractivity contribution < 1.29 is 4.42 Å². The summed E-state index contributed by atoms with van der Waals surface area (Å²) in [4.78, 5) is 3.56. The lowest BCUT2D eigenvalue weighted by Gasteiger charge is -1.93. The normalized spacial score (nSPS) is 8.93. The maximum absolute atomic E-state index is 4.47. The summed E-state index contributed by atoms with van der Waals surface area (Å²) in [5.41, 5.74) is 1.44. The fourth-order valence-electron chi connectivity index (χ4n) is 1.11. The molecular weight excluding hydrogens is 174 g/mol. The van der Waals surface area contributed by atoms with Crippen molar-refractivity contribution in [2.75, 3.05) is 0 Å². The molecule has 0 aliphatic rings. The molecular formula is C12H15NO. The van der Waals surface area contributed by atoms with Crippen LogP contribution in [0.4, 0.5) is 0 Å². The molecule has 0 aliphatic carbocycles. The van der Waals surface area contributed by atoms with E-state index in [1.54, 1.807) is 6.20 Å². The Morgan fingerprint density at radius 3 is 2.43 bits per heavy atom. The molecule has 74 valence electrons. The fraction of sp³-hybridized carbons (Fsp3) is 0.250. The molecule has 0 unspecified atom stereocenters. The molecule has 0 saturated heterocycles. The first-order valence-electron chi connectivity index (χ1n) is 4.79. The third-order valence-electron chi connectivity index (χ3n) is 1.73. The maximum Gasteiger partial charge on any atom is 0.180 e. The van der Waals surface area contributed by atoms with Crippen LogP contribution in [-0.2, 0) is 6.42 Å². The molecule has 0 aliphatic heterocycles. The molecule has 0 atom stereocenters. The highest BCUT2D eigenvalue weighted by Crippen LogP contribution is 2.00. The zero-order valence-electron chi connectivity index (χ0n) is 8.39. The Morgan fingerprint density at radius 1 is 1.21 bits per heavy atom. The molecule has 1 aromatic carbocycles. The van der Waals surface area contributed by atoms with Crippen molar-refractivity contribution in [3.05, 3.63) is 54.7 Å². The van der Waals surface area contributed by atoms with Crippen molar-refractivity contribution in [2.45, 2.75) is 19.8 Å². The smallest absolute Gasteiger partial charge is 0.180 e. The molecule has 0 saturated carbocycles. The average Bonchev–Trinajstić information content (AvgIpc) is 2.78. The standard InChI is InChI=1S/C9H12.C3H3NO/c1-2-6-9-7-4-3-5-8-9;1-2-5-3-4-1/h3-5,7-8H,2,6H2,1H3;1-3H. The number of nitrogens with zero attached hydrogens (tertiary/aromatic N) is 1. The van der Waals surface area contributed by atoms with Crippen LogP contribution in [0.3, 0.4) is 0 Å². The van der Waals surface area contributed by atoms with Gasteiger partial charge in [0.05, 0.1) is 6.20 Å². The average molecular weight is 189 g/mol. The van der Waals surface area contributed by atoms with Crippen molar-refractivity contribution in [3.8, 4) is 0 Å². The predicted molar refractivity (Wildman–Crippen MR) is 56.9 cm³/mol. The van der Waals surface area contributed by atoms with Crippen LogP contribution < -0.4 is 0 Å². The molecule has 0 amide bonds. The van der Waals surface area contributed by atoms with E-state index in [1.807, 2.05) is 0 Å². The minimum atomic E-state index is 1.21. The lowest BCUT2D eigenvalue weighted by molar-refractivity contribution is 0.558. The third kappa shape index (κ3) is 4.45. The molecule has 0 radical (unpaired) electrons. The van der Waals surface area contributed by atoms with Crippen LogP contribution in [0.25, 0.3) is 0 Å². The molecule has 0 N–H and O–H groups in total. The van der Waals surface area contributed by atoms with Crippen molar-refractivity contribution in [1.82, 2.24) is 4.98 Å². The molecule has 0 bridgehead atoms. The summed E-state index contributed by atoms with van der Waals surface area (Å²) in [6.07, 6.45) is 6.92. The van der Waals surface area contributed by atoms with E-state index in [0.717, 1.165) is 0 Å². The van der Waals surface area contributed by atoms with E-state index in [-0.39, 0.29) is 0 Å². The summed E-state index contributed by atoms with van der Waals surface area (Å²) in [5, 5.41) is 0. The van der Waals surface area contributed by atoms with Gasteiger partial charge in [-0.15, -0.1) is 0 Å². The quantitative estimate of drug-likeness (QED) is 0.724. The Morgan fingerprint density at radius 2 is 2.00 bits per heavy atom. The Balaban J connectivity index is 0.000000165. The van der Waals surface area contributed by atoms with E-state index in [0.29, 0.717) is 0 Å². The second-order valence-electron chi connectivity index (χ2n) is 2.91. The SMILES string of the molecule is CCCc1ccccc1.c1cocn1. The number of benzene rings is 1. The van der Waals surface area contributed by atoms with E-state index < -0.39 is 0 Å². The second-order valence-corrected chi connectivity index (χ2v) is 2.91. The minimum absolute atomic E-state index is 1.21. The monoisotopic (exact) mass is 189 g/mol. The van der Waals surface area contributed by atoms with Gasteiger partial charge in [0.15, 0.2) is 6.39 Å². The van der Waals surface area contributed by atoms with Crippen LogP contribution in [-0.4, -0.2) is 4.98 Å². The highest BCUT2D eigenvalue weighted by atomic mass is 16.3. The van der Waals surface area contributed by atoms with Gasteiger partial charge in [0.1, 0.15) is 6.26 Å². The number of aromatic nitrogens is 1. The summed E-state index contributed by atoms with van der Waals surface area (Å²) in [6.45, 7) is 2.20. The van der Waals surface area contributed by atoms with Gasteiger partial charge in [0.25, 0.3) is 0 Å². The zero-order valence-corrected chi connectivity index (χ0v) is 8.39. The summed E-state index contributed by atoms with van der Waals surface area (Å²) in [7, 11) is 0. The van der Waals surface area contributed by atoms with Crippen LogP contribution in [0.2, 0.25) is 0 Å². The number of oxazole rings is 1. The summed E-state index contributed by atoms with van der Waals surface area (Å²) < 4.78 is 4.47. The number of hydrogen-bond acceptors (Lipinski definition) is 2. The van der Waals surface area contributed by atoms with Crippen molar-refractivity contribution in [3.63, 3.8) is 0 Å². The van der Waals surface area contributed by atoms with Crippen LogP contribution >= 0.6 is 0 Å². The second kappa shape index (κ2) is 6.89. The van der Waals surface area contributed by atoms with E-state index in [4.69, 9.17) is 0 Å². The molecule has 2 nitrogen and oxygen atoms in total. The van der Waals surface area contributed by atoms with E-state index >= 15 is 0 Å². The fourth-order valence-corrected chi connectivity index (χ4v) is 1.11. The van der Waals surface area contributed by atoms with Crippen LogP contribution in [0, 0.1) is 0 Å². The summed E-state index contributed by atoms with van der Waals surface area (Å²) >= 11 is 0. The van der Waals surface area contributed by atoms with Crippen molar-refractivity contribution in [1.29, 1.82) is 0 Å². The van der Waals surface area contributed by atoms with Gasteiger partial charge in [-0.05, 0) is 12.0 Å². The summed E-state index contributed by atoms with van der Waals surface area (Å²) in [5.74, 6) is 0. The maximum atomic E-state index is 4.47. The molecule has 2 rings (SSSR count).